The Labute approximate surface area is 117 Å². The fraction of sp³-hybridized carbons (Fsp3) is 0.647. The summed E-state index contributed by atoms with van der Waals surface area (Å²) in [5, 5.41) is 10.8. The topological polar surface area (TPSA) is 23.5 Å². The van der Waals surface area contributed by atoms with Gasteiger partial charge in [-0.25, -0.2) is 0 Å². The van der Waals surface area contributed by atoms with Crippen molar-refractivity contribution in [1.82, 2.24) is 4.90 Å². The molecule has 1 heterocycles. The van der Waals surface area contributed by atoms with Crippen LogP contribution in [0.4, 0.5) is 0 Å². The molecule has 2 heteroatoms. The third-order valence-corrected chi connectivity index (χ3v) is 4.63. The molecule has 0 bridgehead atoms. The van der Waals surface area contributed by atoms with Gasteiger partial charge in [0.25, 0.3) is 0 Å². The van der Waals surface area contributed by atoms with Crippen molar-refractivity contribution in [2.45, 2.75) is 45.8 Å². The van der Waals surface area contributed by atoms with Crippen molar-refractivity contribution in [3.8, 4) is 0 Å². The number of hydrogen-bond acceptors (Lipinski definition) is 2. The Hall–Kier alpha value is -0.860. The molecule has 0 spiro atoms. The molecule has 0 amide bonds. The maximum Gasteiger partial charge on any atom is 0.0994 e. The highest BCUT2D eigenvalue weighted by Gasteiger charge is 2.34. The summed E-state index contributed by atoms with van der Waals surface area (Å²) in [5.74, 6) is 1.42. The van der Waals surface area contributed by atoms with Gasteiger partial charge in [-0.1, -0.05) is 44.2 Å². The lowest BCUT2D eigenvalue weighted by Crippen LogP contribution is -2.50. The Morgan fingerprint density at radius 1 is 1.21 bits per heavy atom. The molecule has 1 N–H and O–H groups in total. The van der Waals surface area contributed by atoms with Crippen molar-refractivity contribution < 1.29 is 5.11 Å². The van der Waals surface area contributed by atoms with Crippen LogP contribution in [0.2, 0.25) is 0 Å². The van der Waals surface area contributed by atoms with Gasteiger partial charge in [0.1, 0.15) is 0 Å². The number of likely N-dealkylation sites (tertiary alicyclic amines) is 1. The molecule has 2 rings (SSSR count). The van der Waals surface area contributed by atoms with Gasteiger partial charge in [-0.2, -0.15) is 0 Å². The highest BCUT2D eigenvalue weighted by molar-refractivity contribution is 5.22. The van der Waals surface area contributed by atoms with E-state index in [1.807, 2.05) is 37.3 Å². The highest BCUT2D eigenvalue weighted by atomic mass is 16.3. The number of piperidine rings is 1. The fourth-order valence-electron chi connectivity index (χ4n) is 3.33. The normalized spacial score (nSPS) is 31.9. The molecule has 0 aliphatic carbocycles. The third-order valence-electron chi connectivity index (χ3n) is 4.63. The maximum atomic E-state index is 10.8. The first kappa shape index (κ1) is 14.5. The molecule has 106 valence electrons. The average Bonchev–Trinajstić information content (AvgIpc) is 2.36. The summed E-state index contributed by atoms with van der Waals surface area (Å²) in [6.45, 7) is 10.7. The molecule has 19 heavy (non-hydrogen) atoms. The molecule has 1 fully saturated rings. The van der Waals surface area contributed by atoms with E-state index in [4.69, 9.17) is 0 Å². The monoisotopic (exact) mass is 261 g/mol. The van der Waals surface area contributed by atoms with E-state index in [-0.39, 0.29) is 0 Å². The molecular formula is C17H27NO. The predicted octanol–water partition coefficient (Wildman–Crippen LogP) is 3.26. The fourth-order valence-corrected chi connectivity index (χ4v) is 3.33. The van der Waals surface area contributed by atoms with Crippen molar-refractivity contribution in [2.24, 2.45) is 11.8 Å². The third kappa shape index (κ3) is 3.37. The van der Waals surface area contributed by atoms with Gasteiger partial charge in [0.15, 0.2) is 0 Å². The van der Waals surface area contributed by atoms with Gasteiger partial charge in [0.2, 0.25) is 0 Å². The van der Waals surface area contributed by atoms with Crippen LogP contribution in [0.15, 0.2) is 30.3 Å². The number of aliphatic hydroxyl groups is 1. The molecule has 1 aliphatic heterocycles. The number of nitrogens with zero attached hydrogens (tertiary/aromatic N) is 1. The first-order chi connectivity index (χ1) is 8.90. The second-order valence-corrected chi connectivity index (χ2v) is 6.63. The van der Waals surface area contributed by atoms with Crippen LogP contribution in [0.1, 0.15) is 39.7 Å². The van der Waals surface area contributed by atoms with Crippen LogP contribution in [0.5, 0.6) is 0 Å². The van der Waals surface area contributed by atoms with Crippen LogP contribution in [0, 0.1) is 11.8 Å². The second kappa shape index (κ2) is 5.64. The van der Waals surface area contributed by atoms with Gasteiger partial charge in [0.05, 0.1) is 5.60 Å². The summed E-state index contributed by atoms with van der Waals surface area (Å²) in [6, 6.07) is 10.6. The molecule has 0 aromatic heterocycles. The number of benzene rings is 1. The second-order valence-electron chi connectivity index (χ2n) is 6.63. The summed E-state index contributed by atoms with van der Waals surface area (Å²) in [7, 11) is 0. The maximum absolute atomic E-state index is 10.8. The Morgan fingerprint density at radius 3 is 2.47 bits per heavy atom. The van der Waals surface area contributed by atoms with Gasteiger partial charge in [-0.15, -0.1) is 0 Å². The molecule has 4 atom stereocenters. The first-order valence-electron chi connectivity index (χ1n) is 7.42. The molecule has 1 aromatic rings. The zero-order chi connectivity index (χ0) is 14.0. The Balaban J connectivity index is 2.11. The van der Waals surface area contributed by atoms with Gasteiger partial charge < -0.3 is 5.11 Å². The molecule has 4 unspecified atom stereocenters. The van der Waals surface area contributed by atoms with Gasteiger partial charge >= 0.3 is 0 Å². The number of hydrogen-bond donors (Lipinski definition) is 1. The summed E-state index contributed by atoms with van der Waals surface area (Å²) >= 11 is 0. The molecule has 0 radical (unpaired) electrons. The SMILES string of the molecule is CC1CC(C)C(C)N(CC(C)(O)c2ccccc2)C1. The van der Waals surface area contributed by atoms with E-state index in [1.54, 1.807) is 0 Å². The van der Waals surface area contributed by atoms with Crippen molar-refractivity contribution in [3.63, 3.8) is 0 Å². The lowest BCUT2D eigenvalue weighted by molar-refractivity contribution is -0.0247. The van der Waals surface area contributed by atoms with E-state index in [1.165, 1.54) is 6.42 Å². The minimum absolute atomic E-state index is 0.548. The zero-order valence-corrected chi connectivity index (χ0v) is 12.6. The van der Waals surface area contributed by atoms with E-state index < -0.39 is 5.60 Å². The average molecular weight is 261 g/mol. The van der Waals surface area contributed by atoms with Crippen molar-refractivity contribution in [1.29, 1.82) is 0 Å². The summed E-state index contributed by atoms with van der Waals surface area (Å²) in [4.78, 5) is 2.45. The molecule has 0 saturated carbocycles. The standard InChI is InChI=1S/C17H27NO/c1-13-10-14(2)15(3)18(11-13)12-17(4,19)16-8-6-5-7-9-16/h5-9,13-15,19H,10-12H2,1-4H3. The predicted molar refractivity (Wildman–Crippen MR) is 80.0 cm³/mol. The van der Waals surface area contributed by atoms with Gasteiger partial charge in [-0.05, 0) is 37.7 Å². The molecule has 1 aliphatic rings. The van der Waals surface area contributed by atoms with Crippen molar-refractivity contribution >= 4 is 0 Å². The first-order valence-corrected chi connectivity index (χ1v) is 7.42. The van der Waals surface area contributed by atoms with E-state index in [9.17, 15) is 5.11 Å². The van der Waals surface area contributed by atoms with Crippen molar-refractivity contribution in [3.05, 3.63) is 35.9 Å². The quantitative estimate of drug-likeness (QED) is 0.902. The molecular weight excluding hydrogens is 234 g/mol. The number of β-amino-alcohol motifs (C(OH)–C–C–N with tert-alkyl or cyclic N) is 1. The smallest absolute Gasteiger partial charge is 0.0994 e. The summed E-state index contributed by atoms with van der Waals surface area (Å²) in [6.07, 6.45) is 1.30. The number of rotatable bonds is 3. The Morgan fingerprint density at radius 2 is 1.84 bits per heavy atom. The van der Waals surface area contributed by atoms with Crippen LogP contribution < -0.4 is 0 Å². The summed E-state index contributed by atoms with van der Waals surface area (Å²) < 4.78 is 0. The van der Waals surface area contributed by atoms with Crippen molar-refractivity contribution in [2.75, 3.05) is 13.1 Å². The van der Waals surface area contributed by atoms with Gasteiger partial charge in [-0.3, -0.25) is 4.90 Å². The molecule has 1 aromatic carbocycles. The summed E-state index contributed by atoms with van der Waals surface area (Å²) in [5.41, 5.74) is 0.236. The van der Waals surface area contributed by atoms with E-state index in [0.29, 0.717) is 18.5 Å². The Kier molecular flexibility index (Phi) is 4.32. The minimum Gasteiger partial charge on any atom is -0.384 e. The van der Waals surface area contributed by atoms with Crippen LogP contribution >= 0.6 is 0 Å². The lowest BCUT2D eigenvalue weighted by atomic mass is 9.84. The molecule has 2 nitrogen and oxygen atoms in total. The van der Waals surface area contributed by atoms with Crippen LogP contribution in [-0.2, 0) is 5.60 Å². The largest absolute Gasteiger partial charge is 0.384 e. The van der Waals surface area contributed by atoms with Crippen LogP contribution in [0.25, 0.3) is 0 Å². The lowest BCUT2D eigenvalue weighted by Gasteiger charge is -2.44. The zero-order valence-electron chi connectivity index (χ0n) is 12.6. The minimum atomic E-state index is -0.772. The highest BCUT2D eigenvalue weighted by Crippen LogP contribution is 2.30. The Bertz CT molecular complexity index is 401. The van der Waals surface area contributed by atoms with E-state index in [2.05, 4.69) is 25.7 Å². The van der Waals surface area contributed by atoms with Crippen LogP contribution in [-0.4, -0.2) is 29.1 Å². The molecule has 1 saturated heterocycles. The van der Waals surface area contributed by atoms with Crippen LogP contribution in [0.3, 0.4) is 0 Å². The van der Waals surface area contributed by atoms with E-state index in [0.717, 1.165) is 18.0 Å². The van der Waals surface area contributed by atoms with E-state index >= 15 is 0 Å². The van der Waals surface area contributed by atoms with Gasteiger partial charge in [0, 0.05) is 19.1 Å².